The minimum absolute atomic E-state index is 0.215. The average Bonchev–Trinajstić information content (AvgIpc) is 2.72. The van der Waals surface area contributed by atoms with Gasteiger partial charge >= 0.3 is 0 Å². The molecule has 0 aliphatic heterocycles. The molecule has 1 aromatic heterocycles. The molecule has 1 unspecified atom stereocenters. The van der Waals surface area contributed by atoms with Crippen LogP contribution in [0.2, 0.25) is 0 Å². The molecular weight excluding hydrogens is 178 g/mol. The quantitative estimate of drug-likeness (QED) is 0.770. The molecule has 0 radical (unpaired) electrons. The second kappa shape index (κ2) is 3.31. The van der Waals surface area contributed by atoms with E-state index in [1.807, 2.05) is 11.7 Å². The van der Waals surface area contributed by atoms with Crippen molar-refractivity contribution in [3.63, 3.8) is 0 Å². The first-order chi connectivity index (χ1) is 6.64. The van der Waals surface area contributed by atoms with Gasteiger partial charge in [-0.3, -0.25) is 0 Å². The SMILES string of the molecule is CNC(C)c1nnnn1CC1(C)CC1. The Labute approximate surface area is 83.9 Å². The average molecular weight is 195 g/mol. The zero-order chi connectivity index (χ0) is 10.2. The Bertz CT molecular complexity index is 315. The minimum atomic E-state index is 0.215. The van der Waals surface area contributed by atoms with Gasteiger partial charge in [0, 0.05) is 0 Å². The van der Waals surface area contributed by atoms with Crippen LogP contribution in [-0.2, 0) is 6.54 Å². The molecule has 1 aliphatic carbocycles. The molecule has 1 heterocycles. The summed E-state index contributed by atoms with van der Waals surface area (Å²) in [6, 6.07) is 0.215. The number of nitrogens with zero attached hydrogens (tertiary/aromatic N) is 4. The number of nitrogens with one attached hydrogen (secondary N) is 1. The fourth-order valence-corrected chi connectivity index (χ4v) is 1.50. The highest BCUT2D eigenvalue weighted by Gasteiger charge is 2.38. The van der Waals surface area contributed by atoms with Gasteiger partial charge in [0.05, 0.1) is 12.6 Å². The molecule has 14 heavy (non-hydrogen) atoms. The highest BCUT2D eigenvalue weighted by molar-refractivity contribution is 4.94. The topological polar surface area (TPSA) is 55.6 Å². The van der Waals surface area contributed by atoms with Gasteiger partial charge < -0.3 is 5.32 Å². The summed E-state index contributed by atoms with van der Waals surface area (Å²) >= 11 is 0. The van der Waals surface area contributed by atoms with Crippen LogP contribution in [0.1, 0.15) is 38.6 Å². The van der Waals surface area contributed by atoms with Crippen LogP contribution in [0, 0.1) is 5.41 Å². The van der Waals surface area contributed by atoms with Crippen molar-refractivity contribution in [2.75, 3.05) is 7.05 Å². The van der Waals surface area contributed by atoms with Crippen molar-refractivity contribution in [2.45, 2.75) is 39.3 Å². The fourth-order valence-electron chi connectivity index (χ4n) is 1.50. The number of hydrogen-bond donors (Lipinski definition) is 1. The second-order valence-electron chi connectivity index (χ2n) is 4.52. The van der Waals surface area contributed by atoms with Crippen LogP contribution in [0.3, 0.4) is 0 Å². The third-order valence-corrected chi connectivity index (χ3v) is 3.01. The maximum atomic E-state index is 4.04. The van der Waals surface area contributed by atoms with Gasteiger partial charge in [0.25, 0.3) is 0 Å². The van der Waals surface area contributed by atoms with Crippen LogP contribution in [0.5, 0.6) is 0 Å². The Morgan fingerprint density at radius 1 is 1.57 bits per heavy atom. The van der Waals surface area contributed by atoms with Crippen LogP contribution >= 0.6 is 0 Å². The Morgan fingerprint density at radius 3 is 2.86 bits per heavy atom. The molecule has 78 valence electrons. The third kappa shape index (κ3) is 1.77. The number of tetrazole rings is 1. The van der Waals surface area contributed by atoms with Gasteiger partial charge in [-0.2, -0.15) is 0 Å². The Kier molecular flexibility index (Phi) is 2.26. The first kappa shape index (κ1) is 9.58. The standard InChI is InChI=1S/C9H17N5/c1-7(10-3)8-11-12-13-14(8)6-9(2)4-5-9/h7,10H,4-6H2,1-3H3. The van der Waals surface area contributed by atoms with Gasteiger partial charge in [0.15, 0.2) is 5.82 Å². The summed E-state index contributed by atoms with van der Waals surface area (Å²) in [7, 11) is 1.92. The zero-order valence-corrected chi connectivity index (χ0v) is 8.99. The first-order valence-corrected chi connectivity index (χ1v) is 5.08. The zero-order valence-electron chi connectivity index (χ0n) is 8.99. The molecule has 0 saturated heterocycles. The Morgan fingerprint density at radius 2 is 2.29 bits per heavy atom. The molecule has 1 saturated carbocycles. The lowest BCUT2D eigenvalue weighted by Crippen LogP contribution is -2.20. The first-order valence-electron chi connectivity index (χ1n) is 5.08. The molecule has 1 aromatic rings. The summed E-state index contributed by atoms with van der Waals surface area (Å²) in [4.78, 5) is 0. The van der Waals surface area contributed by atoms with E-state index in [-0.39, 0.29) is 6.04 Å². The van der Waals surface area contributed by atoms with Crippen molar-refractivity contribution in [1.82, 2.24) is 25.5 Å². The van der Waals surface area contributed by atoms with E-state index in [0.29, 0.717) is 5.41 Å². The van der Waals surface area contributed by atoms with E-state index in [4.69, 9.17) is 0 Å². The molecule has 0 amide bonds. The van der Waals surface area contributed by atoms with Gasteiger partial charge in [0.1, 0.15) is 0 Å². The van der Waals surface area contributed by atoms with Gasteiger partial charge in [-0.1, -0.05) is 6.92 Å². The maximum Gasteiger partial charge on any atom is 0.167 e. The summed E-state index contributed by atoms with van der Waals surface area (Å²) < 4.78 is 1.92. The van der Waals surface area contributed by atoms with Crippen LogP contribution < -0.4 is 5.32 Å². The highest BCUT2D eigenvalue weighted by Crippen LogP contribution is 2.46. The molecule has 0 spiro atoms. The van der Waals surface area contributed by atoms with E-state index in [1.165, 1.54) is 12.8 Å². The van der Waals surface area contributed by atoms with Crippen LogP contribution in [-0.4, -0.2) is 27.3 Å². The summed E-state index contributed by atoms with van der Waals surface area (Å²) in [6.07, 6.45) is 2.58. The molecule has 1 atom stereocenters. The van der Waals surface area contributed by atoms with Crippen molar-refractivity contribution in [3.05, 3.63) is 5.82 Å². The lowest BCUT2D eigenvalue weighted by molar-refractivity contribution is 0.400. The van der Waals surface area contributed by atoms with Gasteiger partial charge in [-0.15, -0.1) is 5.10 Å². The Hall–Kier alpha value is -0.970. The molecule has 1 fully saturated rings. The van der Waals surface area contributed by atoms with E-state index < -0.39 is 0 Å². The van der Waals surface area contributed by atoms with E-state index in [0.717, 1.165) is 12.4 Å². The number of aromatic nitrogens is 4. The van der Waals surface area contributed by atoms with E-state index in [2.05, 4.69) is 34.7 Å². The van der Waals surface area contributed by atoms with Gasteiger partial charge in [-0.25, -0.2) is 4.68 Å². The van der Waals surface area contributed by atoms with E-state index >= 15 is 0 Å². The number of hydrogen-bond acceptors (Lipinski definition) is 4. The summed E-state index contributed by atoms with van der Waals surface area (Å²) in [5.41, 5.74) is 0.442. The van der Waals surface area contributed by atoms with Crippen molar-refractivity contribution in [3.8, 4) is 0 Å². The monoisotopic (exact) mass is 195 g/mol. The Balaban J connectivity index is 2.12. The molecular formula is C9H17N5. The lowest BCUT2D eigenvalue weighted by atomic mass is 10.1. The maximum absolute atomic E-state index is 4.04. The molecule has 1 N–H and O–H groups in total. The smallest absolute Gasteiger partial charge is 0.167 e. The lowest BCUT2D eigenvalue weighted by Gasteiger charge is -2.13. The predicted octanol–water partition coefficient (Wildman–Crippen LogP) is 0.754. The number of rotatable bonds is 4. The molecule has 0 aromatic carbocycles. The van der Waals surface area contributed by atoms with Gasteiger partial charge in [-0.05, 0) is 42.7 Å². The van der Waals surface area contributed by atoms with E-state index in [1.54, 1.807) is 0 Å². The van der Waals surface area contributed by atoms with Crippen LogP contribution in [0.15, 0.2) is 0 Å². The molecule has 5 nitrogen and oxygen atoms in total. The summed E-state index contributed by atoms with van der Waals surface area (Å²) in [5, 5.41) is 14.9. The van der Waals surface area contributed by atoms with Crippen molar-refractivity contribution >= 4 is 0 Å². The van der Waals surface area contributed by atoms with Crippen molar-refractivity contribution in [2.24, 2.45) is 5.41 Å². The van der Waals surface area contributed by atoms with Crippen molar-refractivity contribution in [1.29, 1.82) is 0 Å². The van der Waals surface area contributed by atoms with Gasteiger partial charge in [0.2, 0.25) is 0 Å². The fraction of sp³-hybridized carbons (Fsp3) is 0.889. The molecule has 0 bridgehead atoms. The predicted molar refractivity (Wildman–Crippen MR) is 52.6 cm³/mol. The minimum Gasteiger partial charge on any atom is -0.311 e. The summed E-state index contributed by atoms with van der Waals surface area (Å²) in [5.74, 6) is 0.931. The largest absolute Gasteiger partial charge is 0.311 e. The summed E-state index contributed by atoms with van der Waals surface area (Å²) in [6.45, 7) is 5.29. The van der Waals surface area contributed by atoms with Crippen molar-refractivity contribution < 1.29 is 0 Å². The normalized spacial score (nSPS) is 20.8. The molecule has 1 aliphatic rings. The highest BCUT2D eigenvalue weighted by atomic mass is 15.5. The second-order valence-corrected chi connectivity index (χ2v) is 4.52. The van der Waals surface area contributed by atoms with Crippen LogP contribution in [0.25, 0.3) is 0 Å². The van der Waals surface area contributed by atoms with E-state index in [9.17, 15) is 0 Å². The molecule has 2 rings (SSSR count). The van der Waals surface area contributed by atoms with Crippen LogP contribution in [0.4, 0.5) is 0 Å². The molecule has 5 heteroatoms. The third-order valence-electron chi connectivity index (χ3n) is 3.01.